The van der Waals surface area contributed by atoms with Gasteiger partial charge in [-0.1, -0.05) is 13.8 Å². The Kier molecular flexibility index (Phi) is 3.08. The van der Waals surface area contributed by atoms with Crippen LogP contribution in [0.3, 0.4) is 0 Å². The van der Waals surface area contributed by atoms with E-state index >= 15 is 0 Å². The lowest BCUT2D eigenvalue weighted by molar-refractivity contribution is 0.476. The molecule has 2 radical (unpaired) electrons. The fourth-order valence-electron chi connectivity index (χ4n) is 0.204. The number of rotatable bonds is 3. The maximum Gasteiger partial charge on any atom is 0.202 e. The first-order valence-corrected chi connectivity index (χ1v) is 2.47. The Labute approximate surface area is 48.9 Å². The predicted octanol–water partition coefficient (Wildman–Crippen LogP) is 0.478. The van der Waals surface area contributed by atoms with Crippen LogP contribution in [0, 0.1) is 11.8 Å². The third kappa shape index (κ3) is 1.87. The zero-order valence-electron chi connectivity index (χ0n) is 4.97. The fraction of sp³-hybridized carbons (Fsp3) is 0.667. The minimum atomic E-state index is -0.313. The van der Waals surface area contributed by atoms with Crippen LogP contribution >= 0.6 is 0 Å². The lowest BCUT2D eigenvalue weighted by Gasteiger charge is -2.00. The second-order valence-electron chi connectivity index (χ2n) is 1.81. The Balaban J connectivity index is 3.60. The second-order valence-corrected chi connectivity index (χ2v) is 1.81. The lowest BCUT2D eigenvalue weighted by Crippen LogP contribution is -2.09. The zero-order valence-corrected chi connectivity index (χ0v) is 4.97. The Bertz CT molecular complexity index is 76.5. The lowest BCUT2D eigenvalue weighted by atomic mass is 10.00. The Morgan fingerprint density at radius 2 is 1.25 bits per heavy atom. The van der Waals surface area contributed by atoms with Crippen molar-refractivity contribution >= 4 is 12.6 Å². The van der Waals surface area contributed by atoms with E-state index in [1.807, 2.05) is 0 Å². The van der Waals surface area contributed by atoms with E-state index in [-0.39, 0.29) is 11.8 Å². The molecule has 0 amide bonds. The van der Waals surface area contributed by atoms with Crippen LogP contribution in [-0.4, -0.2) is 12.6 Å². The van der Waals surface area contributed by atoms with Gasteiger partial charge in [-0.3, -0.25) is 9.59 Å². The SMILES string of the molecule is CC([C]=O)C(C)[C]=O. The number of hydrogen-bond acceptors (Lipinski definition) is 2. The van der Waals surface area contributed by atoms with Crippen LogP contribution in [0.1, 0.15) is 13.8 Å². The first kappa shape index (κ1) is 7.34. The van der Waals surface area contributed by atoms with Crippen molar-refractivity contribution in [2.24, 2.45) is 11.8 Å². The summed E-state index contributed by atoms with van der Waals surface area (Å²) in [6.07, 6.45) is 3.41. The van der Waals surface area contributed by atoms with Gasteiger partial charge in [-0.2, -0.15) is 0 Å². The predicted molar refractivity (Wildman–Crippen MR) is 29.7 cm³/mol. The summed E-state index contributed by atoms with van der Waals surface area (Å²) in [5, 5.41) is 0. The molecule has 0 heterocycles. The van der Waals surface area contributed by atoms with E-state index in [9.17, 15) is 9.59 Å². The minimum absolute atomic E-state index is 0.313. The van der Waals surface area contributed by atoms with Crippen LogP contribution in [0.2, 0.25) is 0 Å². The summed E-state index contributed by atoms with van der Waals surface area (Å²) in [6.45, 7) is 3.28. The van der Waals surface area contributed by atoms with Crippen molar-refractivity contribution in [1.82, 2.24) is 0 Å². The first-order chi connectivity index (χ1) is 3.72. The van der Waals surface area contributed by atoms with Gasteiger partial charge in [0.2, 0.25) is 12.6 Å². The Morgan fingerprint density at radius 1 is 1.00 bits per heavy atom. The van der Waals surface area contributed by atoms with E-state index in [1.54, 1.807) is 26.4 Å². The fourth-order valence-corrected chi connectivity index (χ4v) is 0.204. The molecule has 0 aliphatic carbocycles. The van der Waals surface area contributed by atoms with Crippen molar-refractivity contribution in [2.45, 2.75) is 13.8 Å². The smallest absolute Gasteiger partial charge is 0.202 e. The van der Waals surface area contributed by atoms with Gasteiger partial charge in [-0.25, -0.2) is 0 Å². The topological polar surface area (TPSA) is 34.1 Å². The average Bonchev–Trinajstić information content (AvgIpc) is 1.84. The van der Waals surface area contributed by atoms with Gasteiger partial charge in [0.05, 0.1) is 0 Å². The monoisotopic (exact) mass is 112 g/mol. The summed E-state index contributed by atoms with van der Waals surface area (Å²) < 4.78 is 0. The molecule has 0 aliphatic rings. The average molecular weight is 112 g/mol. The third-order valence-corrected chi connectivity index (χ3v) is 1.12. The highest BCUT2D eigenvalue weighted by molar-refractivity contribution is 5.64. The van der Waals surface area contributed by atoms with Crippen LogP contribution in [0.25, 0.3) is 0 Å². The summed E-state index contributed by atoms with van der Waals surface area (Å²) >= 11 is 0. The van der Waals surface area contributed by atoms with Crippen molar-refractivity contribution in [3.63, 3.8) is 0 Å². The number of carbonyl (C=O) groups excluding carboxylic acids is 2. The van der Waals surface area contributed by atoms with E-state index in [0.29, 0.717) is 0 Å². The van der Waals surface area contributed by atoms with E-state index in [4.69, 9.17) is 0 Å². The van der Waals surface area contributed by atoms with Crippen molar-refractivity contribution in [3.8, 4) is 0 Å². The molecule has 0 aromatic rings. The maximum atomic E-state index is 9.80. The highest BCUT2D eigenvalue weighted by atomic mass is 16.1. The van der Waals surface area contributed by atoms with Crippen molar-refractivity contribution in [3.05, 3.63) is 0 Å². The quantitative estimate of drug-likeness (QED) is 0.532. The molecule has 2 unspecified atom stereocenters. The van der Waals surface area contributed by atoms with Gasteiger partial charge < -0.3 is 0 Å². The zero-order chi connectivity index (χ0) is 6.57. The molecule has 2 nitrogen and oxygen atoms in total. The largest absolute Gasteiger partial charge is 0.291 e. The molecule has 0 aromatic heterocycles. The highest BCUT2D eigenvalue weighted by Gasteiger charge is 2.10. The Hall–Kier alpha value is -0.660. The molecule has 44 valence electrons. The summed E-state index contributed by atoms with van der Waals surface area (Å²) in [5.41, 5.74) is 0. The van der Waals surface area contributed by atoms with Crippen molar-refractivity contribution in [1.29, 1.82) is 0 Å². The Morgan fingerprint density at radius 3 is 1.38 bits per heavy atom. The van der Waals surface area contributed by atoms with Crippen LogP contribution < -0.4 is 0 Å². The summed E-state index contributed by atoms with van der Waals surface area (Å²) in [5.74, 6) is -0.625. The first-order valence-electron chi connectivity index (χ1n) is 2.47. The van der Waals surface area contributed by atoms with Gasteiger partial charge in [-0.15, -0.1) is 0 Å². The molecule has 0 N–H and O–H groups in total. The van der Waals surface area contributed by atoms with E-state index in [0.717, 1.165) is 0 Å². The van der Waals surface area contributed by atoms with Gasteiger partial charge in [0.15, 0.2) is 0 Å². The maximum absolute atomic E-state index is 9.80. The van der Waals surface area contributed by atoms with Crippen LogP contribution in [0.5, 0.6) is 0 Å². The molecular weight excluding hydrogens is 104 g/mol. The molecule has 0 saturated carbocycles. The third-order valence-electron chi connectivity index (χ3n) is 1.12. The van der Waals surface area contributed by atoms with Gasteiger partial charge in [0.25, 0.3) is 0 Å². The van der Waals surface area contributed by atoms with E-state index in [1.165, 1.54) is 0 Å². The minimum Gasteiger partial charge on any atom is -0.291 e. The van der Waals surface area contributed by atoms with Crippen LogP contribution in [0.15, 0.2) is 0 Å². The molecule has 0 aromatic carbocycles. The molecule has 2 atom stereocenters. The van der Waals surface area contributed by atoms with E-state index in [2.05, 4.69) is 0 Å². The summed E-state index contributed by atoms with van der Waals surface area (Å²) in [6, 6.07) is 0. The number of hydrogen-bond donors (Lipinski definition) is 0. The molecule has 2 heteroatoms. The molecule has 0 aliphatic heterocycles. The molecule has 0 spiro atoms. The van der Waals surface area contributed by atoms with E-state index < -0.39 is 0 Å². The molecule has 0 rings (SSSR count). The summed E-state index contributed by atoms with van der Waals surface area (Å²) in [7, 11) is 0. The second kappa shape index (κ2) is 3.36. The standard InChI is InChI=1S/C6H8O2/c1-5(3-7)6(2)4-8/h5-6H,1-2H3. The van der Waals surface area contributed by atoms with Crippen molar-refractivity contribution in [2.75, 3.05) is 0 Å². The molecule has 0 bridgehead atoms. The van der Waals surface area contributed by atoms with Gasteiger partial charge in [-0.05, 0) is 0 Å². The summed E-state index contributed by atoms with van der Waals surface area (Å²) in [4.78, 5) is 19.6. The van der Waals surface area contributed by atoms with Crippen LogP contribution in [0.4, 0.5) is 0 Å². The van der Waals surface area contributed by atoms with Gasteiger partial charge in [0.1, 0.15) is 0 Å². The van der Waals surface area contributed by atoms with Gasteiger partial charge >= 0.3 is 0 Å². The van der Waals surface area contributed by atoms with Crippen LogP contribution in [-0.2, 0) is 9.59 Å². The highest BCUT2D eigenvalue weighted by Crippen LogP contribution is 2.02. The molecule has 8 heavy (non-hydrogen) atoms. The van der Waals surface area contributed by atoms with Crippen molar-refractivity contribution < 1.29 is 9.59 Å². The van der Waals surface area contributed by atoms with Gasteiger partial charge in [0, 0.05) is 11.8 Å². The molecular formula is C6H8O2. The normalized spacial score (nSPS) is 16.8. The molecule has 0 fully saturated rings. The molecule has 0 saturated heterocycles.